The van der Waals surface area contributed by atoms with Crippen molar-refractivity contribution in [3.8, 4) is 0 Å². The van der Waals surface area contributed by atoms with Crippen molar-refractivity contribution in [3.63, 3.8) is 0 Å². The molecular weight excluding hydrogens is 314 g/mol. The van der Waals surface area contributed by atoms with Gasteiger partial charge in [0.1, 0.15) is 5.82 Å². The lowest BCUT2D eigenvalue weighted by Gasteiger charge is -2.28. The van der Waals surface area contributed by atoms with Gasteiger partial charge in [0, 0.05) is 6.54 Å². The third-order valence-corrected chi connectivity index (χ3v) is 5.84. The van der Waals surface area contributed by atoms with Crippen molar-refractivity contribution in [2.45, 2.75) is 51.1 Å². The van der Waals surface area contributed by atoms with E-state index in [4.69, 9.17) is 4.98 Å². The Bertz CT molecular complexity index is 795. The summed E-state index contributed by atoms with van der Waals surface area (Å²) in [5.74, 6) is 1.63. The number of likely N-dealkylation sites (tertiary alicyclic amines) is 1. The van der Waals surface area contributed by atoms with E-state index in [1.807, 2.05) is 24.3 Å². The number of para-hydroxylation sites is 1. The van der Waals surface area contributed by atoms with Crippen LogP contribution in [-0.4, -0.2) is 39.3 Å². The van der Waals surface area contributed by atoms with E-state index in [2.05, 4.69) is 4.90 Å². The quantitative estimate of drug-likeness (QED) is 0.908. The summed E-state index contributed by atoms with van der Waals surface area (Å²) in [6.45, 7) is 2.48. The van der Waals surface area contributed by atoms with E-state index < -0.39 is 0 Å². The van der Waals surface area contributed by atoms with Crippen LogP contribution in [0.15, 0.2) is 29.1 Å². The highest BCUT2D eigenvalue weighted by atomic mass is 16.3. The summed E-state index contributed by atoms with van der Waals surface area (Å²) in [5.41, 5.74) is 0.742. The van der Waals surface area contributed by atoms with Crippen LogP contribution < -0.4 is 5.56 Å². The zero-order chi connectivity index (χ0) is 17.2. The lowest BCUT2D eigenvalue weighted by Crippen LogP contribution is -2.34. The second-order valence-corrected chi connectivity index (χ2v) is 7.47. The minimum atomic E-state index is -0.0394. The summed E-state index contributed by atoms with van der Waals surface area (Å²) in [6.07, 6.45) is 7.57. The van der Waals surface area contributed by atoms with Crippen LogP contribution in [0.4, 0.5) is 0 Å². The van der Waals surface area contributed by atoms with Crippen LogP contribution in [0.3, 0.4) is 0 Å². The predicted molar refractivity (Wildman–Crippen MR) is 98.6 cm³/mol. The number of rotatable bonds is 5. The first kappa shape index (κ1) is 16.7. The van der Waals surface area contributed by atoms with E-state index in [9.17, 15) is 9.90 Å². The SMILES string of the molecule is O=c1c2ccccc2nc(C2CCCN2CC2CCCC2)n1CCO. The van der Waals surface area contributed by atoms with Crippen LogP contribution in [0.5, 0.6) is 0 Å². The summed E-state index contributed by atoms with van der Waals surface area (Å²) >= 11 is 0. The normalized spacial score (nSPS) is 22.2. The van der Waals surface area contributed by atoms with Crippen LogP contribution >= 0.6 is 0 Å². The molecule has 2 fully saturated rings. The molecule has 1 atom stereocenters. The van der Waals surface area contributed by atoms with E-state index in [1.54, 1.807) is 4.57 Å². The van der Waals surface area contributed by atoms with Gasteiger partial charge in [-0.1, -0.05) is 25.0 Å². The molecule has 2 heterocycles. The molecule has 0 bridgehead atoms. The van der Waals surface area contributed by atoms with Gasteiger partial charge in [-0.2, -0.15) is 0 Å². The monoisotopic (exact) mass is 341 g/mol. The molecule has 1 N–H and O–H groups in total. The summed E-state index contributed by atoms with van der Waals surface area (Å²) in [6, 6.07) is 7.74. The van der Waals surface area contributed by atoms with E-state index in [1.165, 1.54) is 25.7 Å². The standard InChI is InChI=1S/C20H27N3O2/c24-13-12-23-19(21-17-9-4-3-8-16(17)20(23)25)18-10-5-11-22(18)14-15-6-1-2-7-15/h3-4,8-9,15,18,24H,1-2,5-7,10-14H2. The summed E-state index contributed by atoms with van der Waals surface area (Å²) in [4.78, 5) is 20.3. The molecule has 1 saturated carbocycles. The molecule has 25 heavy (non-hydrogen) atoms. The fourth-order valence-electron chi connectivity index (χ4n) is 4.62. The van der Waals surface area contributed by atoms with E-state index in [0.29, 0.717) is 11.9 Å². The van der Waals surface area contributed by atoms with Gasteiger partial charge in [-0.15, -0.1) is 0 Å². The molecule has 0 amide bonds. The molecule has 2 aliphatic rings. The maximum Gasteiger partial charge on any atom is 0.261 e. The van der Waals surface area contributed by atoms with Gasteiger partial charge in [0.05, 0.1) is 30.1 Å². The molecule has 4 rings (SSSR count). The first-order valence-corrected chi connectivity index (χ1v) is 9.62. The van der Waals surface area contributed by atoms with Gasteiger partial charge in [0.25, 0.3) is 5.56 Å². The van der Waals surface area contributed by atoms with Crippen molar-refractivity contribution in [3.05, 3.63) is 40.4 Å². The Morgan fingerprint density at radius 1 is 1.12 bits per heavy atom. The van der Waals surface area contributed by atoms with Crippen LogP contribution in [0.1, 0.15) is 50.4 Å². The van der Waals surface area contributed by atoms with Crippen LogP contribution in [0.2, 0.25) is 0 Å². The van der Waals surface area contributed by atoms with E-state index >= 15 is 0 Å². The number of aliphatic hydroxyl groups excluding tert-OH is 1. The summed E-state index contributed by atoms with van der Waals surface area (Å²) < 4.78 is 1.71. The molecule has 5 nitrogen and oxygen atoms in total. The van der Waals surface area contributed by atoms with Crippen molar-refractivity contribution in [2.24, 2.45) is 5.92 Å². The van der Waals surface area contributed by atoms with Gasteiger partial charge in [-0.25, -0.2) is 4.98 Å². The summed E-state index contributed by atoms with van der Waals surface area (Å²) in [7, 11) is 0. The van der Waals surface area contributed by atoms with Crippen molar-refractivity contribution in [1.82, 2.24) is 14.5 Å². The molecule has 1 aliphatic carbocycles. The Morgan fingerprint density at radius 3 is 2.72 bits per heavy atom. The summed E-state index contributed by atoms with van der Waals surface area (Å²) in [5, 5.41) is 10.1. The number of fused-ring (bicyclic) bond motifs is 1. The molecule has 1 unspecified atom stereocenters. The average Bonchev–Trinajstić information content (AvgIpc) is 3.30. The van der Waals surface area contributed by atoms with Crippen molar-refractivity contribution >= 4 is 10.9 Å². The largest absolute Gasteiger partial charge is 0.395 e. The van der Waals surface area contributed by atoms with Gasteiger partial charge < -0.3 is 5.11 Å². The first-order chi connectivity index (χ1) is 12.3. The topological polar surface area (TPSA) is 58.4 Å². The van der Waals surface area contributed by atoms with Crippen LogP contribution in [0, 0.1) is 5.92 Å². The molecule has 0 spiro atoms. The number of aliphatic hydroxyl groups is 1. The third-order valence-electron chi connectivity index (χ3n) is 5.84. The van der Waals surface area contributed by atoms with Crippen molar-refractivity contribution in [2.75, 3.05) is 19.7 Å². The van der Waals surface area contributed by atoms with Crippen molar-refractivity contribution in [1.29, 1.82) is 0 Å². The fourth-order valence-corrected chi connectivity index (χ4v) is 4.62. The highest BCUT2D eigenvalue weighted by Gasteiger charge is 2.32. The molecular formula is C20H27N3O2. The smallest absolute Gasteiger partial charge is 0.261 e. The highest BCUT2D eigenvalue weighted by molar-refractivity contribution is 5.77. The Balaban J connectivity index is 1.73. The van der Waals surface area contributed by atoms with Crippen LogP contribution in [-0.2, 0) is 6.54 Å². The number of hydrogen-bond donors (Lipinski definition) is 1. The zero-order valence-corrected chi connectivity index (χ0v) is 14.7. The van der Waals surface area contributed by atoms with Gasteiger partial charge in [0.15, 0.2) is 0 Å². The Kier molecular flexibility index (Phi) is 4.86. The zero-order valence-electron chi connectivity index (χ0n) is 14.7. The average molecular weight is 341 g/mol. The highest BCUT2D eigenvalue weighted by Crippen LogP contribution is 2.34. The Labute approximate surface area is 148 Å². The molecule has 5 heteroatoms. The molecule has 134 valence electrons. The molecule has 0 radical (unpaired) electrons. The third kappa shape index (κ3) is 3.23. The molecule has 1 saturated heterocycles. The van der Waals surface area contributed by atoms with Crippen LogP contribution in [0.25, 0.3) is 10.9 Å². The lowest BCUT2D eigenvalue weighted by molar-refractivity contribution is 0.200. The Morgan fingerprint density at radius 2 is 1.92 bits per heavy atom. The molecule has 1 aromatic carbocycles. The Hall–Kier alpha value is -1.72. The molecule has 1 aliphatic heterocycles. The van der Waals surface area contributed by atoms with E-state index in [-0.39, 0.29) is 18.2 Å². The van der Waals surface area contributed by atoms with Gasteiger partial charge in [0.2, 0.25) is 0 Å². The van der Waals surface area contributed by atoms with E-state index in [0.717, 1.165) is 43.2 Å². The minimum Gasteiger partial charge on any atom is -0.395 e. The molecule has 2 aromatic rings. The lowest BCUT2D eigenvalue weighted by atomic mass is 10.1. The maximum atomic E-state index is 12.9. The first-order valence-electron chi connectivity index (χ1n) is 9.62. The predicted octanol–water partition coefficient (Wildman–Crippen LogP) is 2.72. The second kappa shape index (κ2) is 7.26. The number of aromatic nitrogens is 2. The molecule has 1 aromatic heterocycles. The second-order valence-electron chi connectivity index (χ2n) is 7.47. The number of benzene rings is 1. The maximum absolute atomic E-state index is 12.9. The van der Waals surface area contributed by atoms with Gasteiger partial charge >= 0.3 is 0 Å². The number of nitrogens with zero attached hydrogens (tertiary/aromatic N) is 3. The van der Waals surface area contributed by atoms with Gasteiger partial charge in [-0.3, -0.25) is 14.3 Å². The number of hydrogen-bond acceptors (Lipinski definition) is 4. The fraction of sp³-hybridized carbons (Fsp3) is 0.600. The minimum absolute atomic E-state index is 0.0256. The van der Waals surface area contributed by atoms with Gasteiger partial charge in [-0.05, 0) is 50.3 Å². The van der Waals surface area contributed by atoms with Crippen molar-refractivity contribution < 1.29 is 5.11 Å².